The minimum atomic E-state index is -3.71. The van der Waals surface area contributed by atoms with Gasteiger partial charge in [0.25, 0.3) is 0 Å². The van der Waals surface area contributed by atoms with Crippen molar-refractivity contribution in [1.29, 1.82) is 0 Å². The van der Waals surface area contributed by atoms with Crippen molar-refractivity contribution in [1.82, 2.24) is 4.72 Å². The van der Waals surface area contributed by atoms with Gasteiger partial charge >= 0.3 is 0 Å². The van der Waals surface area contributed by atoms with E-state index in [1.54, 1.807) is 12.1 Å². The van der Waals surface area contributed by atoms with Crippen molar-refractivity contribution < 1.29 is 13.5 Å². The van der Waals surface area contributed by atoms with Crippen molar-refractivity contribution in [2.75, 3.05) is 6.61 Å². The molecule has 1 aromatic carbocycles. The molecular weight excluding hydrogens is 286 g/mol. The minimum absolute atomic E-state index is 0.0427. The van der Waals surface area contributed by atoms with Gasteiger partial charge in [-0.2, -0.15) is 0 Å². The summed E-state index contributed by atoms with van der Waals surface area (Å²) in [4.78, 5) is 0.0427. The van der Waals surface area contributed by atoms with Crippen LogP contribution in [0, 0.1) is 5.92 Å². The Kier molecular flexibility index (Phi) is 6.26. The maximum absolute atomic E-state index is 12.3. The van der Waals surface area contributed by atoms with Gasteiger partial charge in [-0.1, -0.05) is 50.4 Å². The summed E-state index contributed by atoms with van der Waals surface area (Å²) in [7, 11) is -3.71. The molecule has 0 radical (unpaired) electrons. The molecule has 0 aliphatic carbocycles. The summed E-state index contributed by atoms with van der Waals surface area (Å²) >= 11 is 5.90. The van der Waals surface area contributed by atoms with Crippen LogP contribution in [-0.2, 0) is 10.0 Å². The Morgan fingerprint density at radius 1 is 1.26 bits per heavy atom. The monoisotopic (exact) mass is 305 g/mol. The molecular formula is C13H20ClNO3S. The maximum atomic E-state index is 12.3. The summed E-state index contributed by atoms with van der Waals surface area (Å²) in [6.45, 7) is 3.72. The number of aliphatic hydroxyl groups is 1. The first-order valence-corrected chi connectivity index (χ1v) is 8.20. The summed E-state index contributed by atoms with van der Waals surface area (Å²) < 4.78 is 27.0. The summed E-state index contributed by atoms with van der Waals surface area (Å²) in [6, 6.07) is 5.78. The molecule has 2 N–H and O–H groups in total. The number of rotatable bonds is 7. The third-order valence-electron chi connectivity index (χ3n) is 3.25. The molecule has 1 rings (SSSR count). The normalized spacial score (nSPS) is 13.7. The molecule has 0 saturated heterocycles. The van der Waals surface area contributed by atoms with Crippen LogP contribution < -0.4 is 4.72 Å². The fraction of sp³-hybridized carbons (Fsp3) is 0.538. The maximum Gasteiger partial charge on any atom is 0.242 e. The molecule has 0 aliphatic rings. The Hall–Kier alpha value is -0.620. The van der Waals surface area contributed by atoms with Gasteiger partial charge in [-0.15, -0.1) is 0 Å². The zero-order valence-corrected chi connectivity index (χ0v) is 12.7. The molecule has 0 bridgehead atoms. The highest BCUT2D eigenvalue weighted by atomic mass is 35.5. The van der Waals surface area contributed by atoms with Crippen molar-refractivity contribution >= 4 is 21.6 Å². The summed E-state index contributed by atoms with van der Waals surface area (Å²) in [6.07, 6.45) is 1.60. The topological polar surface area (TPSA) is 66.4 Å². The Morgan fingerprint density at radius 3 is 2.32 bits per heavy atom. The lowest BCUT2D eigenvalue weighted by molar-refractivity contribution is 0.209. The minimum Gasteiger partial charge on any atom is -0.395 e. The van der Waals surface area contributed by atoms with Gasteiger partial charge in [0.15, 0.2) is 0 Å². The van der Waals surface area contributed by atoms with E-state index >= 15 is 0 Å². The second-order valence-electron chi connectivity index (χ2n) is 4.42. The molecule has 0 spiro atoms. The van der Waals surface area contributed by atoms with Crippen LogP contribution in [0.3, 0.4) is 0 Å². The van der Waals surface area contributed by atoms with Gasteiger partial charge in [-0.05, 0) is 18.1 Å². The molecule has 0 aromatic heterocycles. The smallest absolute Gasteiger partial charge is 0.242 e. The van der Waals surface area contributed by atoms with Crippen molar-refractivity contribution in [2.45, 2.75) is 37.6 Å². The van der Waals surface area contributed by atoms with Crippen LogP contribution in [0.25, 0.3) is 0 Å². The number of nitrogens with one attached hydrogen (secondary N) is 1. The van der Waals surface area contributed by atoms with E-state index in [0.717, 1.165) is 12.8 Å². The molecule has 0 fully saturated rings. The van der Waals surface area contributed by atoms with E-state index < -0.39 is 16.1 Å². The van der Waals surface area contributed by atoms with Gasteiger partial charge in [0.1, 0.15) is 4.90 Å². The van der Waals surface area contributed by atoms with Crippen molar-refractivity contribution in [3.05, 3.63) is 29.3 Å². The average Bonchev–Trinajstić information content (AvgIpc) is 2.39. The number of hydrogen-bond donors (Lipinski definition) is 2. The van der Waals surface area contributed by atoms with E-state index in [0.29, 0.717) is 0 Å². The third-order valence-corrected chi connectivity index (χ3v) is 5.24. The van der Waals surface area contributed by atoms with Gasteiger partial charge in [0.2, 0.25) is 10.0 Å². The van der Waals surface area contributed by atoms with Crippen molar-refractivity contribution in [2.24, 2.45) is 5.92 Å². The molecule has 4 nitrogen and oxygen atoms in total. The number of hydrogen-bond acceptors (Lipinski definition) is 3. The standard InChI is InChI=1S/C13H20ClNO3S/c1-3-10(4-2)12(9-16)15-19(17,18)13-8-6-5-7-11(13)14/h5-8,10,12,15-16H,3-4,9H2,1-2H3/t12-/m1/s1. The molecule has 19 heavy (non-hydrogen) atoms. The first kappa shape index (κ1) is 16.4. The van der Waals surface area contributed by atoms with Crippen LogP contribution in [0.4, 0.5) is 0 Å². The molecule has 0 saturated carbocycles. The molecule has 1 aromatic rings. The van der Waals surface area contributed by atoms with E-state index in [1.165, 1.54) is 12.1 Å². The molecule has 6 heteroatoms. The zero-order valence-electron chi connectivity index (χ0n) is 11.1. The fourth-order valence-electron chi connectivity index (χ4n) is 2.07. The first-order valence-electron chi connectivity index (χ1n) is 6.34. The highest BCUT2D eigenvalue weighted by Crippen LogP contribution is 2.22. The number of aliphatic hydroxyl groups excluding tert-OH is 1. The quantitative estimate of drug-likeness (QED) is 0.813. The lowest BCUT2D eigenvalue weighted by Crippen LogP contribution is -2.42. The van der Waals surface area contributed by atoms with Crippen LogP contribution in [0.2, 0.25) is 5.02 Å². The van der Waals surface area contributed by atoms with E-state index in [-0.39, 0.29) is 22.4 Å². The van der Waals surface area contributed by atoms with Gasteiger partial charge < -0.3 is 5.11 Å². The summed E-state index contributed by atoms with van der Waals surface area (Å²) in [5, 5.41) is 9.56. The highest BCUT2D eigenvalue weighted by Gasteiger charge is 2.25. The lowest BCUT2D eigenvalue weighted by Gasteiger charge is -2.24. The fourth-order valence-corrected chi connectivity index (χ4v) is 3.88. The predicted molar refractivity (Wildman–Crippen MR) is 76.7 cm³/mol. The summed E-state index contributed by atoms with van der Waals surface area (Å²) in [5.41, 5.74) is 0. The van der Waals surface area contributed by atoms with Crippen LogP contribution in [0.5, 0.6) is 0 Å². The molecule has 0 aliphatic heterocycles. The Labute approximate surface area is 119 Å². The van der Waals surface area contributed by atoms with E-state index in [1.807, 2.05) is 13.8 Å². The molecule has 108 valence electrons. The van der Waals surface area contributed by atoms with E-state index in [4.69, 9.17) is 11.6 Å². The van der Waals surface area contributed by atoms with E-state index in [9.17, 15) is 13.5 Å². The van der Waals surface area contributed by atoms with Gasteiger partial charge in [-0.3, -0.25) is 0 Å². The largest absolute Gasteiger partial charge is 0.395 e. The molecule has 0 unspecified atom stereocenters. The molecule has 0 amide bonds. The second kappa shape index (κ2) is 7.24. The lowest BCUT2D eigenvalue weighted by atomic mass is 9.96. The van der Waals surface area contributed by atoms with Gasteiger partial charge in [-0.25, -0.2) is 13.1 Å². The average molecular weight is 306 g/mol. The molecule has 1 atom stereocenters. The van der Waals surface area contributed by atoms with Crippen molar-refractivity contribution in [3.8, 4) is 0 Å². The number of sulfonamides is 1. The summed E-state index contributed by atoms with van der Waals surface area (Å²) in [5.74, 6) is 0.0993. The van der Waals surface area contributed by atoms with Gasteiger partial charge in [0.05, 0.1) is 11.6 Å². The van der Waals surface area contributed by atoms with Crippen LogP contribution in [0.1, 0.15) is 26.7 Å². The Bertz CT molecular complexity index is 500. The van der Waals surface area contributed by atoms with Crippen LogP contribution in [0.15, 0.2) is 29.2 Å². The Balaban J connectivity index is 2.99. The van der Waals surface area contributed by atoms with Crippen LogP contribution in [-0.4, -0.2) is 26.2 Å². The van der Waals surface area contributed by atoms with E-state index in [2.05, 4.69) is 4.72 Å². The Morgan fingerprint density at radius 2 is 1.84 bits per heavy atom. The van der Waals surface area contributed by atoms with Crippen LogP contribution >= 0.6 is 11.6 Å². The van der Waals surface area contributed by atoms with Crippen molar-refractivity contribution in [3.63, 3.8) is 0 Å². The third kappa shape index (κ3) is 4.18. The second-order valence-corrected chi connectivity index (χ2v) is 6.51. The predicted octanol–water partition coefficient (Wildman–Crippen LogP) is 2.42. The highest BCUT2D eigenvalue weighted by molar-refractivity contribution is 7.89. The molecule has 0 heterocycles. The SMILES string of the molecule is CCC(CC)[C@@H](CO)NS(=O)(=O)c1ccccc1Cl. The van der Waals surface area contributed by atoms with Gasteiger partial charge in [0, 0.05) is 6.04 Å². The number of benzene rings is 1. The zero-order chi connectivity index (χ0) is 14.5. The first-order chi connectivity index (χ1) is 8.96. The number of halogens is 1.